The Bertz CT molecular complexity index is 224. The number of hydrogen-bond donors (Lipinski definition) is 1. The Morgan fingerprint density at radius 3 is 2.07 bits per heavy atom. The van der Waals surface area contributed by atoms with E-state index in [0.717, 1.165) is 0 Å². The Hall–Kier alpha value is -1.06. The van der Waals surface area contributed by atoms with Crippen molar-refractivity contribution >= 4 is 11.9 Å². The maximum absolute atomic E-state index is 11.6. The molecular weight excluding hydrogens is 194 g/mol. The first-order valence-electron chi connectivity index (χ1n) is 5.30. The molecule has 0 aromatic heterocycles. The van der Waals surface area contributed by atoms with Crippen LogP contribution < -0.4 is 5.32 Å². The van der Waals surface area contributed by atoms with Crippen LogP contribution in [-0.4, -0.2) is 24.0 Å². The van der Waals surface area contributed by atoms with Gasteiger partial charge in [0.15, 0.2) is 0 Å². The van der Waals surface area contributed by atoms with Crippen LogP contribution in [0, 0.1) is 5.92 Å². The van der Waals surface area contributed by atoms with Crippen LogP contribution in [0.15, 0.2) is 0 Å². The van der Waals surface area contributed by atoms with E-state index in [1.807, 2.05) is 13.8 Å². The summed E-state index contributed by atoms with van der Waals surface area (Å²) in [4.78, 5) is 22.5. The molecule has 0 aromatic rings. The van der Waals surface area contributed by atoms with Crippen LogP contribution in [0.3, 0.4) is 0 Å². The van der Waals surface area contributed by atoms with Crippen molar-refractivity contribution in [3.8, 4) is 0 Å². The fraction of sp³-hybridized carbons (Fsp3) is 0.818. The first-order valence-corrected chi connectivity index (χ1v) is 5.30. The molecule has 4 heteroatoms. The van der Waals surface area contributed by atoms with Crippen molar-refractivity contribution in [3.63, 3.8) is 0 Å². The van der Waals surface area contributed by atoms with E-state index in [2.05, 4.69) is 5.32 Å². The molecule has 0 aliphatic heterocycles. The van der Waals surface area contributed by atoms with Crippen LogP contribution in [0.2, 0.25) is 0 Å². The minimum Gasteiger partial charge on any atom is -0.461 e. The molecule has 15 heavy (non-hydrogen) atoms. The number of esters is 1. The molecule has 0 aliphatic rings. The first kappa shape index (κ1) is 13.9. The lowest BCUT2D eigenvalue weighted by Crippen LogP contribution is -2.42. The highest BCUT2D eigenvalue weighted by molar-refractivity contribution is 5.83. The highest BCUT2D eigenvalue weighted by atomic mass is 16.5. The molecule has 0 heterocycles. The van der Waals surface area contributed by atoms with E-state index in [0.29, 0.717) is 12.3 Å². The average molecular weight is 215 g/mol. The molecule has 1 unspecified atom stereocenters. The van der Waals surface area contributed by atoms with Crippen molar-refractivity contribution < 1.29 is 14.3 Å². The lowest BCUT2D eigenvalue weighted by Gasteiger charge is -2.19. The second-order valence-electron chi connectivity index (χ2n) is 4.37. The van der Waals surface area contributed by atoms with Crippen LogP contribution in [0.4, 0.5) is 0 Å². The van der Waals surface area contributed by atoms with E-state index in [9.17, 15) is 9.59 Å². The maximum Gasteiger partial charge on any atom is 0.328 e. The quantitative estimate of drug-likeness (QED) is 0.707. The van der Waals surface area contributed by atoms with Gasteiger partial charge in [-0.25, -0.2) is 4.79 Å². The molecule has 1 atom stereocenters. The van der Waals surface area contributed by atoms with Gasteiger partial charge in [0.1, 0.15) is 6.04 Å². The van der Waals surface area contributed by atoms with Crippen molar-refractivity contribution in [1.29, 1.82) is 0 Å². The van der Waals surface area contributed by atoms with E-state index in [1.54, 1.807) is 13.8 Å². The van der Waals surface area contributed by atoms with E-state index in [-0.39, 0.29) is 18.0 Å². The number of hydrogen-bond acceptors (Lipinski definition) is 3. The zero-order valence-electron chi connectivity index (χ0n) is 10.2. The molecule has 4 nitrogen and oxygen atoms in total. The highest BCUT2D eigenvalue weighted by Crippen LogP contribution is 2.07. The molecule has 1 amide bonds. The fourth-order valence-electron chi connectivity index (χ4n) is 1.25. The van der Waals surface area contributed by atoms with Crippen LogP contribution in [0.5, 0.6) is 0 Å². The van der Waals surface area contributed by atoms with Gasteiger partial charge in [0.05, 0.1) is 6.10 Å². The summed E-state index contributed by atoms with van der Waals surface area (Å²) in [6.45, 7) is 8.97. The average Bonchev–Trinajstić information content (AvgIpc) is 1.99. The Kier molecular flexibility index (Phi) is 5.97. The summed E-state index contributed by atoms with van der Waals surface area (Å²) in [6.07, 6.45) is 0.450. The van der Waals surface area contributed by atoms with E-state index in [1.165, 1.54) is 6.92 Å². The molecule has 1 N–H and O–H groups in total. The largest absolute Gasteiger partial charge is 0.461 e. The molecule has 0 radical (unpaired) electrons. The van der Waals surface area contributed by atoms with Gasteiger partial charge in [-0.2, -0.15) is 0 Å². The molecule has 0 saturated carbocycles. The minimum atomic E-state index is -0.523. The lowest BCUT2D eigenvalue weighted by atomic mass is 10.0. The maximum atomic E-state index is 11.6. The summed E-state index contributed by atoms with van der Waals surface area (Å²) in [5.41, 5.74) is 0. The number of nitrogens with one attached hydrogen (secondary N) is 1. The molecule has 0 fully saturated rings. The van der Waals surface area contributed by atoms with Gasteiger partial charge in [0, 0.05) is 6.92 Å². The third-order valence-electron chi connectivity index (χ3n) is 1.72. The molecular formula is C11H21NO3. The predicted octanol–water partition coefficient (Wildman–Crippen LogP) is 1.49. The van der Waals surface area contributed by atoms with Crippen LogP contribution in [-0.2, 0) is 14.3 Å². The second-order valence-corrected chi connectivity index (χ2v) is 4.37. The summed E-state index contributed by atoms with van der Waals surface area (Å²) < 4.78 is 5.06. The van der Waals surface area contributed by atoms with Crippen molar-refractivity contribution in [3.05, 3.63) is 0 Å². The van der Waals surface area contributed by atoms with Crippen LogP contribution in [0.1, 0.15) is 41.0 Å². The van der Waals surface area contributed by atoms with Gasteiger partial charge in [-0.3, -0.25) is 4.79 Å². The third kappa shape index (κ3) is 6.94. The molecule has 0 rings (SSSR count). The van der Waals surface area contributed by atoms with Gasteiger partial charge in [-0.1, -0.05) is 13.8 Å². The Morgan fingerprint density at radius 1 is 1.20 bits per heavy atom. The van der Waals surface area contributed by atoms with Crippen LogP contribution in [0.25, 0.3) is 0 Å². The van der Waals surface area contributed by atoms with Gasteiger partial charge >= 0.3 is 5.97 Å². The zero-order valence-corrected chi connectivity index (χ0v) is 10.2. The van der Waals surface area contributed by atoms with Crippen molar-refractivity contribution in [1.82, 2.24) is 5.32 Å². The van der Waals surface area contributed by atoms with Crippen LogP contribution >= 0.6 is 0 Å². The van der Waals surface area contributed by atoms with Gasteiger partial charge in [-0.05, 0) is 26.2 Å². The lowest BCUT2D eigenvalue weighted by molar-refractivity contribution is -0.151. The number of carbonyl (C=O) groups excluding carboxylic acids is 2. The number of ether oxygens (including phenoxy) is 1. The SMILES string of the molecule is CC(=O)NC(CC(C)C)C(=O)OC(C)C. The molecule has 0 aliphatic carbocycles. The Balaban J connectivity index is 4.33. The van der Waals surface area contributed by atoms with Crippen molar-refractivity contribution in [2.24, 2.45) is 5.92 Å². The van der Waals surface area contributed by atoms with E-state index >= 15 is 0 Å². The summed E-state index contributed by atoms with van der Waals surface area (Å²) in [5.74, 6) is -0.225. The molecule has 0 saturated heterocycles. The zero-order chi connectivity index (χ0) is 12.0. The van der Waals surface area contributed by atoms with Crippen molar-refractivity contribution in [2.75, 3.05) is 0 Å². The van der Waals surface area contributed by atoms with Gasteiger partial charge < -0.3 is 10.1 Å². The predicted molar refractivity (Wildman–Crippen MR) is 58.3 cm³/mol. The topological polar surface area (TPSA) is 55.4 Å². The molecule has 0 aromatic carbocycles. The summed E-state index contributed by atoms with van der Waals surface area (Å²) >= 11 is 0. The first-order chi connectivity index (χ1) is 6.82. The number of amides is 1. The third-order valence-corrected chi connectivity index (χ3v) is 1.72. The molecule has 0 bridgehead atoms. The Morgan fingerprint density at radius 2 is 1.73 bits per heavy atom. The summed E-state index contributed by atoms with van der Waals surface area (Å²) in [7, 11) is 0. The van der Waals surface area contributed by atoms with E-state index < -0.39 is 6.04 Å². The Labute approximate surface area is 91.4 Å². The van der Waals surface area contributed by atoms with Crippen molar-refractivity contribution in [2.45, 2.75) is 53.2 Å². The number of rotatable bonds is 5. The summed E-state index contributed by atoms with van der Waals surface area (Å²) in [6, 6.07) is -0.523. The highest BCUT2D eigenvalue weighted by Gasteiger charge is 2.22. The summed E-state index contributed by atoms with van der Waals surface area (Å²) in [5, 5.41) is 2.60. The molecule has 0 spiro atoms. The molecule has 88 valence electrons. The number of carbonyl (C=O) groups is 2. The second kappa shape index (κ2) is 6.43. The minimum absolute atomic E-state index is 0.152. The standard InChI is InChI=1S/C11H21NO3/c1-7(2)6-10(12-9(5)13)11(14)15-8(3)4/h7-8,10H,6H2,1-5H3,(H,12,13). The van der Waals surface area contributed by atoms with Gasteiger partial charge in [0.25, 0.3) is 0 Å². The monoisotopic (exact) mass is 215 g/mol. The fourth-order valence-corrected chi connectivity index (χ4v) is 1.25. The smallest absolute Gasteiger partial charge is 0.328 e. The van der Waals surface area contributed by atoms with Gasteiger partial charge in [0.2, 0.25) is 5.91 Å². The van der Waals surface area contributed by atoms with Gasteiger partial charge in [-0.15, -0.1) is 0 Å². The normalized spacial score (nSPS) is 12.7. The van der Waals surface area contributed by atoms with E-state index in [4.69, 9.17) is 4.74 Å².